The number of hydrogen-bond donors (Lipinski definition) is 1. The van der Waals surface area contributed by atoms with Crippen molar-refractivity contribution in [2.75, 3.05) is 20.3 Å². The molecule has 0 fully saturated rings. The predicted molar refractivity (Wildman–Crippen MR) is 68.7 cm³/mol. The minimum absolute atomic E-state index is 0.337. The second-order valence-electron chi connectivity index (χ2n) is 4.11. The normalized spacial score (nSPS) is 15.4. The van der Waals surface area contributed by atoms with E-state index in [1.54, 1.807) is 0 Å². The zero-order chi connectivity index (χ0) is 12.1. The highest BCUT2D eigenvalue weighted by Crippen LogP contribution is 2.33. The molecule has 1 unspecified atom stereocenters. The van der Waals surface area contributed by atoms with Crippen LogP contribution < -0.4 is 14.8 Å². The lowest BCUT2D eigenvalue weighted by molar-refractivity contribution is 0.171. The molecule has 3 heteroatoms. The van der Waals surface area contributed by atoms with Gasteiger partial charge >= 0.3 is 0 Å². The molecule has 1 N–H and O–H groups in total. The summed E-state index contributed by atoms with van der Waals surface area (Å²) in [5, 5.41) is 3.32. The second kappa shape index (κ2) is 5.73. The molecule has 0 radical (unpaired) electrons. The van der Waals surface area contributed by atoms with Gasteiger partial charge in [-0.1, -0.05) is 12.1 Å². The van der Waals surface area contributed by atoms with E-state index in [-0.39, 0.29) is 0 Å². The Morgan fingerprint density at radius 2 is 2.12 bits per heavy atom. The summed E-state index contributed by atoms with van der Waals surface area (Å²) in [6.45, 7) is 5.03. The standard InChI is InChI=1S/C14H19NO2/c1-3-4-5-12(15-2)11-6-7-13-14(10-11)17-9-8-16-13/h3,6-7,10,12,15H,1,4-5,8-9H2,2H3. The lowest BCUT2D eigenvalue weighted by Gasteiger charge is -2.21. The van der Waals surface area contributed by atoms with E-state index in [1.807, 2.05) is 19.2 Å². The van der Waals surface area contributed by atoms with Crippen molar-refractivity contribution >= 4 is 0 Å². The molecule has 1 aromatic carbocycles. The van der Waals surface area contributed by atoms with Crippen LogP contribution >= 0.6 is 0 Å². The van der Waals surface area contributed by atoms with Crippen molar-refractivity contribution in [3.05, 3.63) is 36.4 Å². The van der Waals surface area contributed by atoms with Gasteiger partial charge in [0.05, 0.1) is 0 Å². The number of rotatable bonds is 5. The number of nitrogens with one attached hydrogen (secondary N) is 1. The van der Waals surface area contributed by atoms with Crippen LogP contribution in [0.5, 0.6) is 11.5 Å². The molecule has 0 bridgehead atoms. The fourth-order valence-corrected chi connectivity index (χ4v) is 2.04. The van der Waals surface area contributed by atoms with Crippen molar-refractivity contribution in [2.45, 2.75) is 18.9 Å². The molecule has 0 saturated carbocycles. The van der Waals surface area contributed by atoms with Crippen LogP contribution in [-0.4, -0.2) is 20.3 Å². The van der Waals surface area contributed by atoms with E-state index < -0.39 is 0 Å². The Morgan fingerprint density at radius 3 is 2.82 bits per heavy atom. The summed E-state index contributed by atoms with van der Waals surface area (Å²) in [4.78, 5) is 0. The van der Waals surface area contributed by atoms with E-state index in [1.165, 1.54) is 5.56 Å². The van der Waals surface area contributed by atoms with Gasteiger partial charge in [-0.15, -0.1) is 6.58 Å². The molecule has 1 aliphatic heterocycles. The zero-order valence-corrected chi connectivity index (χ0v) is 10.2. The molecule has 17 heavy (non-hydrogen) atoms. The van der Waals surface area contributed by atoms with Gasteiger partial charge in [0.15, 0.2) is 11.5 Å². The Hall–Kier alpha value is -1.48. The van der Waals surface area contributed by atoms with Crippen LogP contribution in [0, 0.1) is 0 Å². The average Bonchev–Trinajstić information content (AvgIpc) is 2.39. The van der Waals surface area contributed by atoms with Crippen LogP contribution in [0.25, 0.3) is 0 Å². The van der Waals surface area contributed by atoms with Crippen LogP contribution in [0.4, 0.5) is 0 Å². The van der Waals surface area contributed by atoms with Gasteiger partial charge in [0.2, 0.25) is 0 Å². The summed E-state index contributed by atoms with van der Waals surface area (Å²) < 4.78 is 11.1. The summed E-state index contributed by atoms with van der Waals surface area (Å²) in [5.74, 6) is 1.70. The molecule has 0 aromatic heterocycles. The van der Waals surface area contributed by atoms with Gasteiger partial charge in [0.25, 0.3) is 0 Å². The highest BCUT2D eigenvalue weighted by molar-refractivity contribution is 5.44. The third-order valence-electron chi connectivity index (χ3n) is 2.98. The third-order valence-corrected chi connectivity index (χ3v) is 2.98. The fraction of sp³-hybridized carbons (Fsp3) is 0.429. The van der Waals surface area contributed by atoms with Crippen LogP contribution in [-0.2, 0) is 0 Å². The van der Waals surface area contributed by atoms with Crippen molar-refractivity contribution in [2.24, 2.45) is 0 Å². The summed E-state index contributed by atoms with van der Waals surface area (Å²) in [7, 11) is 1.98. The Labute approximate surface area is 102 Å². The number of fused-ring (bicyclic) bond motifs is 1. The largest absolute Gasteiger partial charge is 0.486 e. The first-order valence-electron chi connectivity index (χ1n) is 6.03. The molecule has 2 rings (SSSR count). The quantitative estimate of drug-likeness (QED) is 0.793. The molecule has 92 valence electrons. The Morgan fingerprint density at radius 1 is 1.35 bits per heavy atom. The van der Waals surface area contributed by atoms with Gasteiger partial charge in [-0.25, -0.2) is 0 Å². The Bertz CT molecular complexity index is 390. The molecule has 0 aliphatic carbocycles. The van der Waals surface area contributed by atoms with Crippen LogP contribution in [0.2, 0.25) is 0 Å². The fourth-order valence-electron chi connectivity index (χ4n) is 2.04. The van der Waals surface area contributed by atoms with Crippen LogP contribution in [0.15, 0.2) is 30.9 Å². The van der Waals surface area contributed by atoms with Gasteiger partial charge in [-0.2, -0.15) is 0 Å². The predicted octanol–water partition coefficient (Wildman–Crippen LogP) is 2.68. The van der Waals surface area contributed by atoms with E-state index in [2.05, 4.69) is 24.0 Å². The van der Waals surface area contributed by atoms with Crippen LogP contribution in [0.1, 0.15) is 24.4 Å². The number of benzene rings is 1. The molecular weight excluding hydrogens is 214 g/mol. The maximum absolute atomic E-state index is 5.59. The average molecular weight is 233 g/mol. The molecule has 0 spiro atoms. The minimum atomic E-state index is 0.337. The van der Waals surface area contributed by atoms with Gasteiger partial charge in [0.1, 0.15) is 13.2 Å². The highest BCUT2D eigenvalue weighted by Gasteiger charge is 2.15. The first-order valence-corrected chi connectivity index (χ1v) is 6.03. The molecule has 1 aromatic rings. The van der Waals surface area contributed by atoms with E-state index >= 15 is 0 Å². The van der Waals surface area contributed by atoms with E-state index in [0.717, 1.165) is 24.3 Å². The van der Waals surface area contributed by atoms with Crippen molar-refractivity contribution < 1.29 is 9.47 Å². The van der Waals surface area contributed by atoms with Gasteiger partial charge in [0, 0.05) is 6.04 Å². The SMILES string of the molecule is C=CCCC(NC)c1ccc2c(c1)OCCO2. The molecule has 1 aliphatic rings. The van der Waals surface area contributed by atoms with E-state index in [4.69, 9.17) is 9.47 Å². The summed E-state index contributed by atoms with van der Waals surface area (Å²) in [6, 6.07) is 6.49. The zero-order valence-electron chi connectivity index (χ0n) is 10.2. The third kappa shape index (κ3) is 2.80. The molecule has 1 heterocycles. The highest BCUT2D eigenvalue weighted by atomic mass is 16.6. The second-order valence-corrected chi connectivity index (χ2v) is 4.11. The monoisotopic (exact) mass is 233 g/mol. The molecule has 0 amide bonds. The van der Waals surface area contributed by atoms with Crippen molar-refractivity contribution in [1.29, 1.82) is 0 Å². The van der Waals surface area contributed by atoms with Gasteiger partial charge in [-0.3, -0.25) is 0 Å². The maximum atomic E-state index is 5.59. The van der Waals surface area contributed by atoms with Crippen molar-refractivity contribution in [3.8, 4) is 11.5 Å². The van der Waals surface area contributed by atoms with Crippen molar-refractivity contribution in [3.63, 3.8) is 0 Å². The minimum Gasteiger partial charge on any atom is -0.486 e. The van der Waals surface area contributed by atoms with Gasteiger partial charge in [-0.05, 0) is 37.6 Å². The Balaban J connectivity index is 2.16. The lowest BCUT2D eigenvalue weighted by Crippen LogP contribution is -2.18. The number of ether oxygens (including phenoxy) is 2. The van der Waals surface area contributed by atoms with Crippen molar-refractivity contribution in [1.82, 2.24) is 5.32 Å². The molecular formula is C14H19NO2. The summed E-state index contributed by atoms with van der Waals surface area (Å²) in [6.07, 6.45) is 3.99. The van der Waals surface area contributed by atoms with Gasteiger partial charge < -0.3 is 14.8 Å². The smallest absolute Gasteiger partial charge is 0.161 e. The summed E-state index contributed by atoms with van der Waals surface area (Å²) >= 11 is 0. The maximum Gasteiger partial charge on any atom is 0.161 e. The lowest BCUT2D eigenvalue weighted by atomic mass is 10.0. The van der Waals surface area contributed by atoms with E-state index in [0.29, 0.717) is 19.3 Å². The topological polar surface area (TPSA) is 30.5 Å². The first kappa shape index (κ1) is 12.0. The molecule has 1 atom stereocenters. The first-order chi connectivity index (χ1) is 8.35. The molecule has 0 saturated heterocycles. The number of allylic oxidation sites excluding steroid dienone is 1. The van der Waals surface area contributed by atoms with Crippen LogP contribution in [0.3, 0.4) is 0 Å². The Kier molecular flexibility index (Phi) is 4.04. The molecule has 3 nitrogen and oxygen atoms in total. The number of hydrogen-bond acceptors (Lipinski definition) is 3. The summed E-state index contributed by atoms with van der Waals surface area (Å²) in [5.41, 5.74) is 1.23. The van der Waals surface area contributed by atoms with E-state index in [9.17, 15) is 0 Å².